The van der Waals surface area contributed by atoms with Crippen LogP contribution in [0.25, 0.3) is 11.0 Å². The zero-order chi connectivity index (χ0) is 18.0. The Morgan fingerprint density at radius 1 is 1.08 bits per heavy atom. The number of rotatable bonds is 5. The highest BCUT2D eigenvalue weighted by Crippen LogP contribution is 2.25. The van der Waals surface area contributed by atoms with Crippen molar-refractivity contribution in [3.63, 3.8) is 0 Å². The lowest BCUT2D eigenvalue weighted by molar-refractivity contribution is -0.139. The molecule has 0 unspecified atom stereocenters. The molecule has 0 aliphatic rings. The third-order valence-electron chi connectivity index (χ3n) is 3.78. The lowest BCUT2D eigenvalue weighted by atomic mass is 10.1. The summed E-state index contributed by atoms with van der Waals surface area (Å²) in [6.45, 7) is 3.49. The third-order valence-corrected chi connectivity index (χ3v) is 3.78. The first-order chi connectivity index (χ1) is 11.9. The predicted molar refractivity (Wildman–Crippen MR) is 91.6 cm³/mol. The van der Waals surface area contributed by atoms with Crippen LogP contribution in [0.3, 0.4) is 0 Å². The molecule has 2 aromatic carbocycles. The zero-order valence-corrected chi connectivity index (χ0v) is 13.7. The van der Waals surface area contributed by atoms with Gasteiger partial charge in [0.1, 0.15) is 23.3 Å². The summed E-state index contributed by atoms with van der Waals surface area (Å²) in [7, 11) is 0. The minimum atomic E-state index is -1.08. The molecular formula is C19H16O6. The Morgan fingerprint density at radius 3 is 2.56 bits per heavy atom. The van der Waals surface area contributed by atoms with E-state index in [0.29, 0.717) is 22.5 Å². The zero-order valence-electron chi connectivity index (χ0n) is 13.7. The summed E-state index contributed by atoms with van der Waals surface area (Å²) in [5, 5.41) is 8.95. The Labute approximate surface area is 143 Å². The molecule has 3 aromatic rings. The summed E-state index contributed by atoms with van der Waals surface area (Å²) in [5.41, 5.74) is 2.17. The molecule has 1 aromatic heterocycles. The van der Waals surface area contributed by atoms with Crippen LogP contribution in [0.4, 0.5) is 0 Å². The van der Waals surface area contributed by atoms with Crippen LogP contribution in [0, 0.1) is 13.8 Å². The average Bonchev–Trinajstić information content (AvgIpc) is 2.58. The summed E-state index contributed by atoms with van der Waals surface area (Å²) in [4.78, 5) is 23.1. The smallest absolute Gasteiger partial charge is 0.341 e. The monoisotopic (exact) mass is 340 g/mol. The molecule has 0 aliphatic heterocycles. The average molecular weight is 340 g/mol. The lowest BCUT2D eigenvalue weighted by Crippen LogP contribution is -2.09. The summed E-state index contributed by atoms with van der Waals surface area (Å²) >= 11 is 0. The van der Waals surface area contributed by atoms with Crippen LogP contribution < -0.4 is 14.9 Å². The Bertz CT molecular complexity index is 1000. The second-order valence-corrected chi connectivity index (χ2v) is 5.62. The minimum Gasteiger partial charge on any atom is -0.482 e. The normalized spacial score (nSPS) is 10.6. The number of carboxylic acids is 1. The number of fused-ring (bicyclic) bond motifs is 1. The van der Waals surface area contributed by atoms with Crippen LogP contribution in [0.2, 0.25) is 0 Å². The highest BCUT2D eigenvalue weighted by atomic mass is 16.5. The van der Waals surface area contributed by atoms with Gasteiger partial charge < -0.3 is 19.0 Å². The molecule has 0 radical (unpaired) electrons. The SMILES string of the molecule is Cc1ccc(Oc2coc3cc(OCC(=O)O)ccc3c2=O)cc1C. The molecule has 0 spiro atoms. The van der Waals surface area contributed by atoms with Crippen LogP contribution >= 0.6 is 0 Å². The van der Waals surface area contributed by atoms with Gasteiger partial charge in [0, 0.05) is 6.07 Å². The van der Waals surface area contributed by atoms with Gasteiger partial charge in [0.2, 0.25) is 11.2 Å². The van der Waals surface area contributed by atoms with E-state index < -0.39 is 12.6 Å². The maximum absolute atomic E-state index is 12.5. The van der Waals surface area contributed by atoms with E-state index >= 15 is 0 Å². The van der Waals surface area contributed by atoms with Gasteiger partial charge in [-0.2, -0.15) is 0 Å². The van der Waals surface area contributed by atoms with Crippen LogP contribution in [-0.2, 0) is 4.79 Å². The molecule has 0 atom stereocenters. The highest BCUT2D eigenvalue weighted by Gasteiger charge is 2.11. The van der Waals surface area contributed by atoms with Crippen molar-refractivity contribution in [2.45, 2.75) is 13.8 Å². The van der Waals surface area contributed by atoms with Crippen molar-refractivity contribution in [3.8, 4) is 17.2 Å². The molecule has 128 valence electrons. The first-order valence-corrected chi connectivity index (χ1v) is 7.59. The van der Waals surface area contributed by atoms with Gasteiger partial charge in [0.15, 0.2) is 6.61 Å². The predicted octanol–water partition coefficient (Wildman–Crippen LogP) is 3.67. The molecule has 1 heterocycles. The molecule has 6 heteroatoms. The van der Waals surface area contributed by atoms with E-state index in [1.54, 1.807) is 6.07 Å². The molecule has 0 saturated carbocycles. The maximum Gasteiger partial charge on any atom is 0.341 e. The number of ether oxygens (including phenoxy) is 2. The standard InChI is InChI=1S/C19H16O6/c1-11-3-4-14(7-12(11)2)25-17-9-24-16-8-13(23-10-18(20)21)5-6-15(16)19(17)22/h3-9H,10H2,1-2H3,(H,20,21). The van der Waals surface area contributed by atoms with Crippen molar-refractivity contribution in [1.82, 2.24) is 0 Å². The second kappa shape index (κ2) is 6.68. The van der Waals surface area contributed by atoms with Gasteiger partial charge in [0.05, 0.1) is 5.39 Å². The van der Waals surface area contributed by atoms with Gasteiger partial charge >= 0.3 is 5.97 Å². The molecule has 0 bridgehead atoms. The van der Waals surface area contributed by atoms with E-state index in [2.05, 4.69) is 0 Å². The van der Waals surface area contributed by atoms with Crippen LogP contribution in [0.1, 0.15) is 11.1 Å². The first kappa shape index (κ1) is 16.6. The van der Waals surface area contributed by atoms with Crippen molar-refractivity contribution in [2.75, 3.05) is 6.61 Å². The minimum absolute atomic E-state index is 0.0787. The van der Waals surface area contributed by atoms with Gasteiger partial charge in [-0.15, -0.1) is 0 Å². The second-order valence-electron chi connectivity index (χ2n) is 5.62. The number of hydrogen-bond acceptors (Lipinski definition) is 5. The number of carboxylic acid groups (broad SMARTS) is 1. The molecule has 3 rings (SSSR count). The van der Waals surface area contributed by atoms with Crippen LogP contribution in [0.5, 0.6) is 17.2 Å². The Hall–Kier alpha value is -3.28. The van der Waals surface area contributed by atoms with Gasteiger partial charge in [-0.3, -0.25) is 4.79 Å². The van der Waals surface area contributed by atoms with Crippen molar-refractivity contribution in [3.05, 3.63) is 64.0 Å². The van der Waals surface area contributed by atoms with Gasteiger partial charge in [-0.25, -0.2) is 4.79 Å². The number of carbonyl (C=O) groups is 1. The molecule has 25 heavy (non-hydrogen) atoms. The topological polar surface area (TPSA) is 86.0 Å². The fourth-order valence-electron chi connectivity index (χ4n) is 2.30. The van der Waals surface area contributed by atoms with Crippen molar-refractivity contribution in [2.24, 2.45) is 0 Å². The number of benzene rings is 2. The summed E-state index contributed by atoms with van der Waals surface area (Å²) in [5.74, 6) is -0.148. The van der Waals surface area contributed by atoms with E-state index in [4.69, 9.17) is 19.0 Å². The van der Waals surface area contributed by atoms with Gasteiger partial charge in [-0.05, 0) is 49.2 Å². The number of aryl methyl sites for hydroxylation is 2. The van der Waals surface area contributed by atoms with E-state index in [9.17, 15) is 9.59 Å². The molecular weight excluding hydrogens is 324 g/mol. The van der Waals surface area contributed by atoms with E-state index in [1.165, 1.54) is 24.5 Å². The molecule has 6 nitrogen and oxygen atoms in total. The van der Waals surface area contributed by atoms with E-state index in [0.717, 1.165) is 11.1 Å². The summed E-state index contributed by atoms with van der Waals surface area (Å²) in [6.07, 6.45) is 1.24. The Morgan fingerprint density at radius 2 is 1.84 bits per heavy atom. The van der Waals surface area contributed by atoms with E-state index in [-0.39, 0.29) is 11.2 Å². The number of aliphatic carboxylic acids is 1. The van der Waals surface area contributed by atoms with Gasteiger partial charge in [-0.1, -0.05) is 6.07 Å². The fourth-order valence-corrected chi connectivity index (χ4v) is 2.30. The van der Waals surface area contributed by atoms with E-state index in [1.807, 2.05) is 26.0 Å². The molecule has 0 saturated heterocycles. The number of hydrogen-bond donors (Lipinski definition) is 1. The third kappa shape index (κ3) is 3.63. The van der Waals surface area contributed by atoms with Crippen molar-refractivity contribution < 1.29 is 23.8 Å². The summed E-state index contributed by atoms with van der Waals surface area (Å²) in [6, 6.07) is 10.1. The van der Waals surface area contributed by atoms with Crippen LogP contribution in [-0.4, -0.2) is 17.7 Å². The molecule has 0 amide bonds. The maximum atomic E-state index is 12.5. The van der Waals surface area contributed by atoms with Crippen molar-refractivity contribution >= 4 is 16.9 Å². The highest BCUT2D eigenvalue weighted by molar-refractivity contribution is 5.79. The molecule has 0 aliphatic carbocycles. The fraction of sp³-hybridized carbons (Fsp3) is 0.158. The quantitative estimate of drug-likeness (QED) is 0.763. The lowest BCUT2D eigenvalue weighted by Gasteiger charge is -2.08. The Kier molecular flexibility index (Phi) is 4.43. The molecule has 0 fully saturated rings. The first-order valence-electron chi connectivity index (χ1n) is 7.59. The van der Waals surface area contributed by atoms with Gasteiger partial charge in [0.25, 0.3) is 0 Å². The summed E-state index contributed by atoms with van der Waals surface area (Å²) < 4.78 is 16.2. The Balaban J connectivity index is 1.91. The largest absolute Gasteiger partial charge is 0.482 e. The van der Waals surface area contributed by atoms with Crippen LogP contribution in [0.15, 0.2) is 51.9 Å². The molecule has 1 N–H and O–H groups in total. The van der Waals surface area contributed by atoms with Crippen molar-refractivity contribution in [1.29, 1.82) is 0 Å².